The maximum absolute atomic E-state index is 10.8. The fraction of sp³-hybridized carbons (Fsp3) is 0.400. The highest BCUT2D eigenvalue weighted by Crippen LogP contribution is 2.22. The predicted molar refractivity (Wildman–Crippen MR) is 47.7 cm³/mol. The van der Waals surface area contributed by atoms with E-state index in [1.54, 1.807) is 0 Å². The molecule has 0 unspecified atom stereocenters. The molecule has 0 aromatic heterocycles. The zero-order valence-electron chi connectivity index (χ0n) is 5.16. The van der Waals surface area contributed by atoms with Gasteiger partial charge in [-0.25, -0.2) is 0 Å². The van der Waals surface area contributed by atoms with Crippen LogP contribution in [-0.4, -0.2) is 10.9 Å². The van der Waals surface area contributed by atoms with Gasteiger partial charge in [-0.1, -0.05) is 53.5 Å². The van der Waals surface area contributed by atoms with Crippen molar-refractivity contribution in [3.63, 3.8) is 0 Å². The summed E-state index contributed by atoms with van der Waals surface area (Å²) in [5, 5.41) is -0.389. The fourth-order valence-corrected chi connectivity index (χ4v) is 1.21. The van der Waals surface area contributed by atoms with E-state index in [1.165, 1.54) is 0 Å². The Hall–Kier alpha value is 0.630. The number of rotatable bonds is 2. The molecular formula is C5H5Cl3OS. The van der Waals surface area contributed by atoms with Gasteiger partial charge in [0.1, 0.15) is 9.52 Å². The van der Waals surface area contributed by atoms with Crippen LogP contribution in [-0.2, 0) is 4.79 Å². The van der Waals surface area contributed by atoms with E-state index >= 15 is 0 Å². The van der Waals surface area contributed by atoms with E-state index in [0.29, 0.717) is 5.75 Å². The van der Waals surface area contributed by atoms with Crippen molar-refractivity contribution in [2.45, 2.75) is 6.92 Å². The molecule has 0 aromatic rings. The number of carbonyl (C=O) groups is 1. The topological polar surface area (TPSA) is 17.1 Å². The van der Waals surface area contributed by atoms with Gasteiger partial charge in [-0.15, -0.1) is 0 Å². The zero-order chi connectivity index (χ0) is 8.15. The molecule has 10 heavy (non-hydrogen) atoms. The summed E-state index contributed by atoms with van der Waals surface area (Å²) in [4.78, 5) is 10.8. The summed E-state index contributed by atoms with van der Waals surface area (Å²) in [6, 6.07) is 0. The molecule has 0 aromatic carbocycles. The number of halogens is 3. The maximum Gasteiger partial charge on any atom is 0.233 e. The van der Waals surface area contributed by atoms with Crippen LogP contribution >= 0.6 is 46.6 Å². The lowest BCUT2D eigenvalue weighted by molar-refractivity contribution is -0.107. The number of thioether (sulfide) groups is 1. The number of hydrogen-bond acceptors (Lipinski definition) is 2. The monoisotopic (exact) mass is 218 g/mol. The Kier molecular flexibility index (Phi) is 5.64. The molecule has 0 N–H and O–H groups in total. The standard InChI is InChI=1S/C5H5Cl3OS/c1-2-10-5(9)3(6)4(7)8/h2H2,1H3. The Labute approximate surface area is 78.7 Å². The lowest BCUT2D eigenvalue weighted by atomic mass is 10.7. The summed E-state index contributed by atoms with van der Waals surface area (Å²) in [7, 11) is 0. The molecule has 0 rings (SSSR count). The Balaban J connectivity index is 4.09. The second-order valence-corrected chi connectivity index (χ2v) is 3.86. The highest BCUT2D eigenvalue weighted by atomic mass is 35.5. The van der Waals surface area contributed by atoms with Crippen molar-refractivity contribution in [2.24, 2.45) is 0 Å². The Morgan fingerprint density at radius 2 is 1.90 bits per heavy atom. The molecule has 1 nitrogen and oxygen atoms in total. The van der Waals surface area contributed by atoms with E-state index in [0.717, 1.165) is 11.8 Å². The maximum atomic E-state index is 10.8. The number of carbonyl (C=O) groups excluding carboxylic acids is 1. The first-order chi connectivity index (χ1) is 4.59. The minimum atomic E-state index is -0.288. The molecule has 0 spiro atoms. The van der Waals surface area contributed by atoms with Crippen molar-refractivity contribution < 1.29 is 4.79 Å². The molecule has 0 heterocycles. The van der Waals surface area contributed by atoms with Crippen molar-refractivity contribution in [2.75, 3.05) is 5.75 Å². The first-order valence-corrected chi connectivity index (χ1v) is 4.59. The van der Waals surface area contributed by atoms with E-state index in [9.17, 15) is 4.79 Å². The van der Waals surface area contributed by atoms with Crippen molar-refractivity contribution >= 4 is 51.7 Å². The van der Waals surface area contributed by atoms with Crippen molar-refractivity contribution in [1.29, 1.82) is 0 Å². The summed E-state index contributed by atoms with van der Waals surface area (Å²) in [5.41, 5.74) is 0. The molecular weight excluding hydrogens is 214 g/mol. The number of hydrogen-bond donors (Lipinski definition) is 0. The lowest BCUT2D eigenvalue weighted by Crippen LogP contribution is -1.91. The van der Waals surface area contributed by atoms with E-state index < -0.39 is 0 Å². The molecule has 58 valence electrons. The minimum absolute atomic E-state index is 0.102. The van der Waals surface area contributed by atoms with Crippen LogP contribution in [0.5, 0.6) is 0 Å². The highest BCUT2D eigenvalue weighted by molar-refractivity contribution is 8.14. The SMILES string of the molecule is CCSC(=O)C(Cl)=C(Cl)Cl. The van der Waals surface area contributed by atoms with Gasteiger partial charge >= 0.3 is 0 Å². The molecule has 0 aliphatic carbocycles. The first kappa shape index (κ1) is 10.6. The molecule has 0 fully saturated rings. The highest BCUT2D eigenvalue weighted by Gasteiger charge is 2.09. The predicted octanol–water partition coefficient (Wildman–Crippen LogP) is 3.15. The quantitative estimate of drug-likeness (QED) is 0.664. The summed E-state index contributed by atoms with van der Waals surface area (Å²) in [6.07, 6.45) is 0. The van der Waals surface area contributed by atoms with E-state index in [-0.39, 0.29) is 14.6 Å². The molecule has 0 amide bonds. The van der Waals surface area contributed by atoms with Gasteiger partial charge in [-0.2, -0.15) is 0 Å². The van der Waals surface area contributed by atoms with Gasteiger partial charge in [0.05, 0.1) is 0 Å². The summed E-state index contributed by atoms with van der Waals surface area (Å²) in [6.45, 7) is 1.84. The summed E-state index contributed by atoms with van der Waals surface area (Å²) >= 11 is 16.9. The fourth-order valence-electron chi connectivity index (χ4n) is 0.272. The van der Waals surface area contributed by atoms with Gasteiger partial charge in [0.25, 0.3) is 0 Å². The Morgan fingerprint density at radius 3 is 2.20 bits per heavy atom. The normalized spacial score (nSPS) is 9.20. The van der Waals surface area contributed by atoms with Crippen LogP contribution in [0, 0.1) is 0 Å². The van der Waals surface area contributed by atoms with E-state index in [2.05, 4.69) is 0 Å². The molecule has 0 saturated heterocycles. The Bertz CT molecular complexity index is 162. The largest absolute Gasteiger partial charge is 0.280 e. The molecule has 0 aliphatic rings. The van der Waals surface area contributed by atoms with Crippen molar-refractivity contribution in [3.8, 4) is 0 Å². The van der Waals surface area contributed by atoms with E-state index in [1.807, 2.05) is 6.92 Å². The average molecular weight is 220 g/mol. The van der Waals surface area contributed by atoms with Crippen LogP contribution in [0.3, 0.4) is 0 Å². The minimum Gasteiger partial charge on any atom is -0.280 e. The van der Waals surface area contributed by atoms with Gasteiger partial charge in [0.15, 0.2) is 0 Å². The van der Waals surface area contributed by atoms with Gasteiger partial charge in [-0.3, -0.25) is 4.79 Å². The lowest BCUT2D eigenvalue weighted by Gasteiger charge is -1.93. The van der Waals surface area contributed by atoms with Crippen LogP contribution in [0.2, 0.25) is 0 Å². The van der Waals surface area contributed by atoms with Crippen LogP contribution < -0.4 is 0 Å². The van der Waals surface area contributed by atoms with Crippen molar-refractivity contribution in [1.82, 2.24) is 0 Å². The second-order valence-electron chi connectivity index (χ2n) is 1.29. The van der Waals surface area contributed by atoms with Gasteiger partial charge < -0.3 is 0 Å². The van der Waals surface area contributed by atoms with Gasteiger partial charge in [-0.05, 0) is 5.75 Å². The van der Waals surface area contributed by atoms with Gasteiger partial charge in [0, 0.05) is 0 Å². The summed E-state index contributed by atoms with van der Waals surface area (Å²) in [5.74, 6) is 0.663. The molecule has 0 atom stereocenters. The molecule has 0 bridgehead atoms. The third-order valence-corrected chi connectivity index (χ3v) is 2.42. The van der Waals surface area contributed by atoms with Gasteiger partial charge in [0.2, 0.25) is 5.12 Å². The molecule has 5 heteroatoms. The van der Waals surface area contributed by atoms with Crippen LogP contribution in [0.4, 0.5) is 0 Å². The van der Waals surface area contributed by atoms with Crippen LogP contribution in [0.15, 0.2) is 9.52 Å². The zero-order valence-corrected chi connectivity index (χ0v) is 8.24. The molecule has 0 radical (unpaired) electrons. The van der Waals surface area contributed by atoms with Crippen LogP contribution in [0.25, 0.3) is 0 Å². The third kappa shape index (κ3) is 3.71. The van der Waals surface area contributed by atoms with E-state index in [4.69, 9.17) is 34.8 Å². The van der Waals surface area contributed by atoms with Crippen LogP contribution in [0.1, 0.15) is 6.92 Å². The average Bonchev–Trinajstić information content (AvgIpc) is 1.87. The molecule has 0 aliphatic heterocycles. The summed E-state index contributed by atoms with van der Waals surface area (Å²) < 4.78 is -0.174. The third-order valence-electron chi connectivity index (χ3n) is 0.621. The Morgan fingerprint density at radius 1 is 1.40 bits per heavy atom. The van der Waals surface area contributed by atoms with Crippen molar-refractivity contribution in [3.05, 3.63) is 9.52 Å². The first-order valence-electron chi connectivity index (χ1n) is 2.47. The second kappa shape index (κ2) is 5.30. The molecule has 0 saturated carbocycles. The smallest absolute Gasteiger partial charge is 0.233 e.